The van der Waals surface area contributed by atoms with Gasteiger partial charge in [-0.05, 0) is 52.5 Å². The molecule has 1 saturated carbocycles. The molecular weight excluding hydrogens is 258 g/mol. The molecule has 1 aliphatic rings. The predicted molar refractivity (Wildman–Crippen MR) is 74.2 cm³/mol. The van der Waals surface area contributed by atoms with Crippen LogP contribution in [0.15, 0.2) is 10.5 Å². The smallest absolute Gasteiger partial charge is 0.252 e. The monoisotopic (exact) mass is 281 g/mol. The van der Waals surface area contributed by atoms with Gasteiger partial charge in [-0.2, -0.15) is 0 Å². The van der Waals surface area contributed by atoms with Crippen molar-refractivity contribution in [3.05, 3.63) is 23.2 Å². The highest BCUT2D eigenvalue weighted by molar-refractivity contribution is 5.85. The van der Waals surface area contributed by atoms with Crippen LogP contribution in [0.1, 0.15) is 49.7 Å². The van der Waals surface area contributed by atoms with E-state index in [1.54, 1.807) is 19.9 Å². The summed E-state index contributed by atoms with van der Waals surface area (Å²) in [5.74, 6) is 0.966. The molecule has 20 heavy (non-hydrogen) atoms. The topological polar surface area (TPSA) is 82.7 Å². The zero-order valence-corrected chi connectivity index (χ0v) is 12.3. The second kappa shape index (κ2) is 5.22. The van der Waals surface area contributed by atoms with Gasteiger partial charge in [-0.15, -0.1) is 0 Å². The average molecular weight is 281 g/mol. The number of aliphatic hydroxyl groups is 2. The van der Waals surface area contributed by atoms with Crippen molar-refractivity contribution >= 4 is 5.91 Å². The maximum absolute atomic E-state index is 12.0. The summed E-state index contributed by atoms with van der Waals surface area (Å²) in [6.45, 7) is 5.27. The minimum atomic E-state index is -1.27. The maximum Gasteiger partial charge on any atom is 0.252 e. The summed E-state index contributed by atoms with van der Waals surface area (Å²) in [6.07, 6.45) is 2.70. The molecular formula is C15H23NO4. The molecule has 1 aromatic heterocycles. The third-order valence-corrected chi connectivity index (χ3v) is 4.07. The number of carbonyl (C=O) groups excluding carboxylic acids is 1. The van der Waals surface area contributed by atoms with Crippen LogP contribution in [0.4, 0.5) is 0 Å². The zero-order chi connectivity index (χ0) is 15.0. The van der Waals surface area contributed by atoms with Gasteiger partial charge in [0.1, 0.15) is 22.7 Å². The first-order valence-electron chi connectivity index (χ1n) is 7.05. The third-order valence-electron chi connectivity index (χ3n) is 4.07. The number of hydrogen-bond donors (Lipinski definition) is 3. The van der Waals surface area contributed by atoms with Crippen molar-refractivity contribution < 1.29 is 19.4 Å². The Bertz CT molecular complexity index is 498. The highest BCUT2D eigenvalue weighted by Gasteiger charge is 2.39. The van der Waals surface area contributed by atoms with E-state index in [2.05, 4.69) is 5.32 Å². The van der Waals surface area contributed by atoms with Crippen LogP contribution in [0.2, 0.25) is 0 Å². The van der Waals surface area contributed by atoms with Crippen LogP contribution in [-0.2, 0) is 10.4 Å². The number of hydrogen-bond acceptors (Lipinski definition) is 4. The van der Waals surface area contributed by atoms with Crippen molar-refractivity contribution in [3.63, 3.8) is 0 Å². The summed E-state index contributed by atoms with van der Waals surface area (Å²) >= 11 is 0. The predicted octanol–water partition coefficient (Wildman–Crippen LogP) is 1.53. The van der Waals surface area contributed by atoms with Crippen LogP contribution in [0.3, 0.4) is 0 Å². The van der Waals surface area contributed by atoms with E-state index in [1.165, 1.54) is 0 Å². The average Bonchev–Trinajstić information content (AvgIpc) is 2.94. The third kappa shape index (κ3) is 2.88. The van der Waals surface area contributed by atoms with Gasteiger partial charge in [0.05, 0.1) is 6.54 Å². The zero-order valence-electron chi connectivity index (χ0n) is 12.3. The SMILES string of the molecule is Cc1cc(C(C)(O)CNC(=O)C2(O)CCCC2)c(C)o1. The fourth-order valence-electron chi connectivity index (χ4n) is 2.86. The highest BCUT2D eigenvalue weighted by atomic mass is 16.3. The summed E-state index contributed by atoms with van der Waals surface area (Å²) in [6, 6.07) is 1.77. The van der Waals surface area contributed by atoms with E-state index in [4.69, 9.17) is 4.42 Å². The van der Waals surface area contributed by atoms with Crippen molar-refractivity contribution in [2.45, 2.75) is 57.7 Å². The molecule has 112 valence electrons. The van der Waals surface area contributed by atoms with Gasteiger partial charge < -0.3 is 19.9 Å². The van der Waals surface area contributed by atoms with Gasteiger partial charge in [-0.1, -0.05) is 0 Å². The molecule has 0 radical (unpaired) electrons. The lowest BCUT2D eigenvalue weighted by Gasteiger charge is -2.27. The molecule has 1 heterocycles. The van der Waals surface area contributed by atoms with Gasteiger partial charge in [-0.25, -0.2) is 0 Å². The van der Waals surface area contributed by atoms with E-state index >= 15 is 0 Å². The van der Waals surface area contributed by atoms with Gasteiger partial charge >= 0.3 is 0 Å². The molecule has 1 unspecified atom stereocenters. The Morgan fingerprint density at radius 1 is 1.45 bits per heavy atom. The molecule has 0 saturated heterocycles. The minimum absolute atomic E-state index is 0.0496. The molecule has 3 N–H and O–H groups in total. The van der Waals surface area contributed by atoms with Crippen molar-refractivity contribution in [1.29, 1.82) is 0 Å². The largest absolute Gasteiger partial charge is 0.466 e. The van der Waals surface area contributed by atoms with Crippen LogP contribution in [0, 0.1) is 13.8 Å². The Balaban J connectivity index is 2.02. The quantitative estimate of drug-likeness (QED) is 0.781. The second-order valence-corrected chi connectivity index (χ2v) is 6.02. The van der Waals surface area contributed by atoms with E-state index in [-0.39, 0.29) is 6.54 Å². The lowest BCUT2D eigenvalue weighted by molar-refractivity contribution is -0.140. The summed E-state index contributed by atoms with van der Waals surface area (Å²) < 4.78 is 5.41. The van der Waals surface area contributed by atoms with E-state index in [1.807, 2.05) is 6.92 Å². The fraction of sp³-hybridized carbons (Fsp3) is 0.667. The van der Waals surface area contributed by atoms with Crippen LogP contribution >= 0.6 is 0 Å². The van der Waals surface area contributed by atoms with Crippen LogP contribution in [0.25, 0.3) is 0 Å². The second-order valence-electron chi connectivity index (χ2n) is 6.02. The Morgan fingerprint density at radius 2 is 2.05 bits per heavy atom. The number of rotatable bonds is 4. The van der Waals surface area contributed by atoms with E-state index < -0.39 is 17.1 Å². The summed E-state index contributed by atoms with van der Waals surface area (Å²) in [7, 11) is 0. The van der Waals surface area contributed by atoms with Gasteiger partial charge in [0, 0.05) is 5.56 Å². The summed E-state index contributed by atoms with van der Waals surface area (Å²) in [5, 5.41) is 23.3. The molecule has 1 atom stereocenters. The lowest BCUT2D eigenvalue weighted by atomic mass is 9.95. The molecule has 1 aliphatic carbocycles. The maximum atomic E-state index is 12.0. The van der Waals surface area contributed by atoms with Crippen molar-refractivity contribution in [2.24, 2.45) is 0 Å². The number of amides is 1. The number of carbonyl (C=O) groups is 1. The number of nitrogens with one attached hydrogen (secondary N) is 1. The molecule has 5 nitrogen and oxygen atoms in total. The molecule has 1 aromatic rings. The molecule has 1 amide bonds. The molecule has 0 aromatic carbocycles. The number of aryl methyl sites for hydroxylation is 2. The Kier molecular flexibility index (Phi) is 3.93. The molecule has 1 fully saturated rings. The van der Waals surface area contributed by atoms with Crippen LogP contribution in [0.5, 0.6) is 0 Å². The molecule has 2 rings (SSSR count). The highest BCUT2D eigenvalue weighted by Crippen LogP contribution is 2.30. The van der Waals surface area contributed by atoms with Crippen molar-refractivity contribution in [3.8, 4) is 0 Å². The number of furan rings is 1. The van der Waals surface area contributed by atoms with Gasteiger partial charge in [-0.3, -0.25) is 4.79 Å². The van der Waals surface area contributed by atoms with Gasteiger partial charge in [0.25, 0.3) is 5.91 Å². The molecule has 0 bridgehead atoms. The molecule has 0 aliphatic heterocycles. The fourth-order valence-corrected chi connectivity index (χ4v) is 2.86. The van der Waals surface area contributed by atoms with Crippen LogP contribution < -0.4 is 5.32 Å². The standard InChI is InChI=1S/C15H23NO4/c1-10-8-12(11(2)20-10)14(3,18)9-16-13(17)15(19)6-4-5-7-15/h8,18-19H,4-7,9H2,1-3H3,(H,16,17). The van der Waals surface area contributed by atoms with Gasteiger partial charge in [0.15, 0.2) is 0 Å². The Morgan fingerprint density at radius 3 is 2.55 bits per heavy atom. The van der Waals surface area contributed by atoms with E-state index in [0.29, 0.717) is 24.2 Å². The molecule has 5 heteroatoms. The van der Waals surface area contributed by atoms with Gasteiger partial charge in [0.2, 0.25) is 0 Å². The van der Waals surface area contributed by atoms with Crippen molar-refractivity contribution in [1.82, 2.24) is 5.32 Å². The van der Waals surface area contributed by atoms with Crippen molar-refractivity contribution in [2.75, 3.05) is 6.54 Å². The lowest BCUT2D eigenvalue weighted by Crippen LogP contribution is -2.49. The minimum Gasteiger partial charge on any atom is -0.466 e. The Hall–Kier alpha value is -1.33. The van der Waals surface area contributed by atoms with Crippen LogP contribution in [-0.4, -0.2) is 28.3 Å². The first-order chi connectivity index (χ1) is 9.24. The first kappa shape index (κ1) is 15.1. The van der Waals surface area contributed by atoms with E-state index in [0.717, 1.165) is 18.6 Å². The first-order valence-corrected chi connectivity index (χ1v) is 7.05. The normalized spacial score (nSPS) is 20.6. The van der Waals surface area contributed by atoms with E-state index in [9.17, 15) is 15.0 Å². The summed E-state index contributed by atoms with van der Waals surface area (Å²) in [4.78, 5) is 12.0. The molecule has 0 spiro atoms. The Labute approximate surface area is 119 Å². The summed E-state index contributed by atoms with van der Waals surface area (Å²) in [5.41, 5.74) is -1.82.